The third kappa shape index (κ3) is 2.00. The zero-order chi connectivity index (χ0) is 13.5. The molecule has 4 nitrogen and oxygen atoms in total. The van der Waals surface area contributed by atoms with Gasteiger partial charge in [0.2, 0.25) is 0 Å². The average Bonchev–Trinajstić information content (AvgIpc) is 3.19. The molecule has 2 aliphatic carbocycles. The van der Waals surface area contributed by atoms with Crippen LogP contribution in [-0.2, 0) is 21.5 Å². The maximum atomic E-state index is 12.3. The van der Waals surface area contributed by atoms with Crippen LogP contribution < -0.4 is 10.1 Å². The van der Waals surface area contributed by atoms with E-state index in [4.69, 9.17) is 9.47 Å². The molecule has 1 aromatic rings. The van der Waals surface area contributed by atoms with Crippen molar-refractivity contribution in [2.45, 2.75) is 37.3 Å². The van der Waals surface area contributed by atoms with Crippen LogP contribution in [0.1, 0.15) is 30.4 Å². The lowest BCUT2D eigenvalue weighted by Gasteiger charge is -2.29. The smallest absolute Gasteiger partial charge is 0.330 e. The number of fused-ring (bicyclic) bond motifs is 1. The van der Waals surface area contributed by atoms with Gasteiger partial charge in [0, 0.05) is 6.04 Å². The molecule has 1 saturated carbocycles. The van der Waals surface area contributed by atoms with Gasteiger partial charge in [0.05, 0.1) is 14.2 Å². The van der Waals surface area contributed by atoms with Gasteiger partial charge in [-0.1, -0.05) is 6.07 Å². The Labute approximate surface area is 113 Å². The van der Waals surface area contributed by atoms with E-state index in [2.05, 4.69) is 5.32 Å². The second-order valence-electron chi connectivity index (χ2n) is 5.34. The van der Waals surface area contributed by atoms with Gasteiger partial charge in [-0.25, -0.2) is 4.79 Å². The molecule has 1 fully saturated rings. The summed E-state index contributed by atoms with van der Waals surface area (Å²) in [6.45, 7) is 0. The van der Waals surface area contributed by atoms with Crippen molar-refractivity contribution >= 4 is 5.97 Å². The van der Waals surface area contributed by atoms with E-state index in [1.165, 1.54) is 12.7 Å². The molecular weight excluding hydrogens is 242 g/mol. The molecule has 0 spiro atoms. The molecule has 102 valence electrons. The predicted octanol–water partition coefficient (Wildman–Crippen LogP) is 1.76. The summed E-state index contributed by atoms with van der Waals surface area (Å²) in [5, 5.41) is 3.49. The average molecular weight is 261 g/mol. The summed E-state index contributed by atoms with van der Waals surface area (Å²) in [6, 6.07) is 6.40. The van der Waals surface area contributed by atoms with E-state index in [0.29, 0.717) is 6.04 Å². The topological polar surface area (TPSA) is 47.6 Å². The number of rotatable bonds is 4. The first-order chi connectivity index (χ1) is 9.19. The fourth-order valence-corrected chi connectivity index (χ4v) is 2.93. The molecule has 1 aromatic carbocycles. The largest absolute Gasteiger partial charge is 0.497 e. The number of esters is 1. The minimum absolute atomic E-state index is 0.189. The summed E-state index contributed by atoms with van der Waals surface area (Å²) in [5.41, 5.74) is 1.55. The molecule has 0 heterocycles. The SMILES string of the molecule is COC(=O)C1(NC2CC2)CCc2ccc(OC)cc21. The van der Waals surface area contributed by atoms with Crippen molar-refractivity contribution in [3.8, 4) is 5.75 Å². The van der Waals surface area contributed by atoms with Crippen molar-refractivity contribution in [2.24, 2.45) is 0 Å². The monoisotopic (exact) mass is 261 g/mol. The summed E-state index contributed by atoms with van der Waals surface area (Å²) in [6.07, 6.45) is 3.93. The fourth-order valence-electron chi connectivity index (χ4n) is 2.93. The Balaban J connectivity index is 2.04. The van der Waals surface area contributed by atoms with Gasteiger partial charge in [0.1, 0.15) is 11.3 Å². The highest BCUT2D eigenvalue weighted by Gasteiger charge is 2.49. The molecule has 4 heteroatoms. The Kier molecular flexibility index (Phi) is 2.97. The van der Waals surface area contributed by atoms with Crippen molar-refractivity contribution in [1.29, 1.82) is 0 Å². The summed E-state index contributed by atoms with van der Waals surface area (Å²) in [5.74, 6) is 0.595. The Morgan fingerprint density at radius 3 is 2.79 bits per heavy atom. The van der Waals surface area contributed by atoms with Crippen LogP contribution in [0.25, 0.3) is 0 Å². The molecule has 2 aliphatic rings. The summed E-state index contributed by atoms with van der Waals surface area (Å²) < 4.78 is 10.3. The second kappa shape index (κ2) is 4.53. The van der Waals surface area contributed by atoms with Gasteiger partial charge in [-0.15, -0.1) is 0 Å². The molecule has 0 radical (unpaired) electrons. The molecule has 1 atom stereocenters. The van der Waals surface area contributed by atoms with E-state index in [0.717, 1.165) is 37.0 Å². The van der Waals surface area contributed by atoms with Gasteiger partial charge in [-0.05, 0) is 48.9 Å². The third-order valence-corrected chi connectivity index (χ3v) is 4.11. The van der Waals surface area contributed by atoms with E-state index in [1.54, 1.807) is 7.11 Å². The highest BCUT2D eigenvalue weighted by molar-refractivity contribution is 5.84. The van der Waals surface area contributed by atoms with Gasteiger partial charge in [-0.2, -0.15) is 0 Å². The number of hydrogen-bond donors (Lipinski definition) is 1. The lowest BCUT2D eigenvalue weighted by molar-refractivity contribution is -0.149. The Morgan fingerprint density at radius 1 is 1.37 bits per heavy atom. The van der Waals surface area contributed by atoms with Crippen LogP contribution >= 0.6 is 0 Å². The van der Waals surface area contributed by atoms with E-state index in [-0.39, 0.29) is 5.97 Å². The van der Waals surface area contributed by atoms with Crippen LogP contribution in [0.4, 0.5) is 0 Å². The quantitative estimate of drug-likeness (QED) is 0.839. The van der Waals surface area contributed by atoms with Gasteiger partial charge in [0.15, 0.2) is 0 Å². The molecule has 0 aromatic heterocycles. The number of carbonyl (C=O) groups excluding carboxylic acids is 1. The fraction of sp³-hybridized carbons (Fsp3) is 0.533. The maximum absolute atomic E-state index is 12.3. The van der Waals surface area contributed by atoms with E-state index in [1.807, 2.05) is 18.2 Å². The van der Waals surface area contributed by atoms with Crippen molar-refractivity contribution < 1.29 is 14.3 Å². The zero-order valence-electron chi connectivity index (χ0n) is 11.4. The number of carbonyl (C=O) groups is 1. The minimum atomic E-state index is -0.681. The van der Waals surface area contributed by atoms with Crippen LogP contribution in [0.3, 0.4) is 0 Å². The number of ether oxygens (including phenoxy) is 2. The Bertz CT molecular complexity index is 510. The number of methoxy groups -OCH3 is 2. The van der Waals surface area contributed by atoms with Gasteiger partial charge in [0.25, 0.3) is 0 Å². The third-order valence-electron chi connectivity index (χ3n) is 4.11. The molecule has 19 heavy (non-hydrogen) atoms. The first-order valence-corrected chi connectivity index (χ1v) is 6.73. The van der Waals surface area contributed by atoms with E-state index in [9.17, 15) is 4.79 Å². The second-order valence-corrected chi connectivity index (χ2v) is 5.34. The predicted molar refractivity (Wildman–Crippen MR) is 71.2 cm³/mol. The molecule has 0 aliphatic heterocycles. The normalized spacial score (nSPS) is 24.9. The van der Waals surface area contributed by atoms with Crippen LogP contribution in [0.15, 0.2) is 18.2 Å². The number of benzene rings is 1. The molecule has 0 bridgehead atoms. The summed E-state index contributed by atoms with van der Waals surface area (Å²) in [7, 11) is 3.10. The minimum Gasteiger partial charge on any atom is -0.497 e. The molecular formula is C15H19NO3. The van der Waals surface area contributed by atoms with Crippen molar-refractivity contribution in [3.63, 3.8) is 0 Å². The van der Waals surface area contributed by atoms with Crippen LogP contribution in [0.2, 0.25) is 0 Å². The van der Waals surface area contributed by atoms with Gasteiger partial charge >= 0.3 is 5.97 Å². The highest BCUT2D eigenvalue weighted by Crippen LogP contribution is 2.42. The van der Waals surface area contributed by atoms with Crippen LogP contribution in [-0.4, -0.2) is 26.2 Å². The molecule has 3 rings (SSSR count). The van der Waals surface area contributed by atoms with Gasteiger partial charge < -0.3 is 9.47 Å². The van der Waals surface area contributed by atoms with Crippen molar-refractivity contribution in [1.82, 2.24) is 5.32 Å². The molecule has 1 unspecified atom stereocenters. The van der Waals surface area contributed by atoms with E-state index < -0.39 is 5.54 Å². The Morgan fingerprint density at radius 2 is 2.16 bits per heavy atom. The molecule has 1 N–H and O–H groups in total. The molecule has 0 saturated heterocycles. The zero-order valence-corrected chi connectivity index (χ0v) is 11.4. The van der Waals surface area contributed by atoms with Crippen molar-refractivity contribution in [3.05, 3.63) is 29.3 Å². The Hall–Kier alpha value is -1.55. The van der Waals surface area contributed by atoms with Crippen LogP contribution in [0.5, 0.6) is 5.75 Å². The first kappa shape index (κ1) is 12.5. The summed E-state index contributed by atoms with van der Waals surface area (Å²) >= 11 is 0. The number of aryl methyl sites for hydroxylation is 1. The standard InChI is InChI=1S/C15H19NO3/c1-18-12-6-3-10-7-8-15(13(10)9-12,14(17)19-2)16-11-4-5-11/h3,6,9,11,16H,4-5,7-8H2,1-2H3. The highest BCUT2D eigenvalue weighted by atomic mass is 16.5. The number of nitrogens with one attached hydrogen (secondary N) is 1. The maximum Gasteiger partial charge on any atom is 0.330 e. The van der Waals surface area contributed by atoms with Crippen LogP contribution in [0, 0.1) is 0 Å². The van der Waals surface area contributed by atoms with Crippen molar-refractivity contribution in [2.75, 3.05) is 14.2 Å². The molecule has 0 amide bonds. The van der Waals surface area contributed by atoms with E-state index >= 15 is 0 Å². The van der Waals surface area contributed by atoms with Gasteiger partial charge in [-0.3, -0.25) is 5.32 Å². The lowest BCUT2D eigenvalue weighted by atomic mass is 9.91. The number of hydrogen-bond acceptors (Lipinski definition) is 4. The lowest BCUT2D eigenvalue weighted by Crippen LogP contribution is -2.49. The summed E-state index contributed by atoms with van der Waals surface area (Å²) in [4.78, 5) is 12.3. The first-order valence-electron chi connectivity index (χ1n) is 6.73.